The number of hydrogen-bond acceptors (Lipinski definition) is 6. The zero-order valence-electron chi connectivity index (χ0n) is 20.2. The fourth-order valence-corrected chi connectivity index (χ4v) is 5.46. The fraction of sp³-hybridized carbons (Fsp3) is 0.148. The van der Waals surface area contributed by atoms with Crippen molar-refractivity contribution in [1.82, 2.24) is 4.90 Å². The normalized spacial score (nSPS) is 14.2. The molecule has 0 aliphatic carbocycles. The summed E-state index contributed by atoms with van der Waals surface area (Å²) in [5.74, 6) is -0.161. The van der Waals surface area contributed by atoms with Gasteiger partial charge in [0.1, 0.15) is 13.2 Å². The molecular weight excluding hydrogens is 615 g/mol. The van der Waals surface area contributed by atoms with Gasteiger partial charge in [-0.3, -0.25) is 19.3 Å². The van der Waals surface area contributed by atoms with Crippen LogP contribution in [-0.2, 0) is 16.2 Å². The maximum absolute atomic E-state index is 12.9. The van der Waals surface area contributed by atoms with E-state index in [1.165, 1.54) is 7.11 Å². The second-order valence-electron chi connectivity index (χ2n) is 8.19. The van der Waals surface area contributed by atoms with E-state index >= 15 is 0 Å². The van der Waals surface area contributed by atoms with Crippen molar-refractivity contribution >= 4 is 79.7 Å². The zero-order chi connectivity index (χ0) is 27.4. The molecule has 11 heteroatoms. The van der Waals surface area contributed by atoms with Crippen molar-refractivity contribution < 1.29 is 23.9 Å². The molecule has 0 radical (unpaired) electrons. The molecule has 1 fully saturated rings. The number of halogens is 3. The highest BCUT2D eigenvalue weighted by Crippen LogP contribution is 2.40. The summed E-state index contributed by atoms with van der Waals surface area (Å²) in [6.45, 7) is 1.64. The van der Waals surface area contributed by atoms with E-state index in [0.29, 0.717) is 37.3 Å². The molecule has 1 aliphatic heterocycles. The van der Waals surface area contributed by atoms with Gasteiger partial charge in [0.15, 0.2) is 11.5 Å². The lowest BCUT2D eigenvalue weighted by Gasteiger charge is -2.15. The van der Waals surface area contributed by atoms with Crippen LogP contribution >= 0.6 is 50.9 Å². The summed E-state index contributed by atoms with van der Waals surface area (Å²) < 4.78 is 12.0. The van der Waals surface area contributed by atoms with E-state index in [4.69, 9.17) is 32.7 Å². The summed E-state index contributed by atoms with van der Waals surface area (Å²) in [7, 11) is 1.49. The number of methoxy groups -OCH3 is 1. The molecule has 3 amide bonds. The molecule has 0 aromatic heterocycles. The molecule has 0 atom stereocenters. The number of carbonyl (C=O) groups is 3. The van der Waals surface area contributed by atoms with Gasteiger partial charge in [-0.05, 0) is 82.2 Å². The van der Waals surface area contributed by atoms with Crippen LogP contribution in [0.5, 0.6) is 11.5 Å². The Balaban J connectivity index is 1.48. The van der Waals surface area contributed by atoms with Crippen molar-refractivity contribution in [2.75, 3.05) is 19.0 Å². The Kier molecular flexibility index (Phi) is 9.04. The number of carbonyl (C=O) groups excluding carboxylic acids is 3. The Hall–Kier alpha value is -2.98. The smallest absolute Gasteiger partial charge is 0.294 e. The number of nitrogens with one attached hydrogen (secondary N) is 1. The molecule has 1 N–H and O–H groups in total. The van der Waals surface area contributed by atoms with Gasteiger partial charge in [-0.15, -0.1) is 0 Å². The van der Waals surface area contributed by atoms with E-state index in [9.17, 15) is 14.4 Å². The Labute approximate surface area is 242 Å². The monoisotopic (exact) mass is 634 g/mol. The number of benzene rings is 3. The lowest BCUT2D eigenvalue weighted by atomic mass is 10.1. The van der Waals surface area contributed by atoms with Crippen molar-refractivity contribution in [3.63, 3.8) is 0 Å². The third-order valence-corrected chi connectivity index (χ3v) is 7.61. The van der Waals surface area contributed by atoms with Crippen molar-refractivity contribution in [3.05, 3.63) is 90.7 Å². The molecule has 0 spiro atoms. The van der Waals surface area contributed by atoms with Crippen LogP contribution in [0.15, 0.2) is 64.0 Å². The molecule has 196 valence electrons. The summed E-state index contributed by atoms with van der Waals surface area (Å²) in [5, 5.41) is 3.22. The highest BCUT2D eigenvalue weighted by molar-refractivity contribution is 9.10. The first-order chi connectivity index (χ1) is 18.2. The lowest BCUT2D eigenvalue weighted by molar-refractivity contribution is -0.127. The number of amides is 3. The Bertz CT molecular complexity index is 1460. The number of rotatable bonds is 8. The van der Waals surface area contributed by atoms with Gasteiger partial charge in [0, 0.05) is 21.3 Å². The molecule has 3 aromatic carbocycles. The van der Waals surface area contributed by atoms with Gasteiger partial charge in [-0.2, -0.15) is 0 Å². The molecule has 7 nitrogen and oxygen atoms in total. The van der Waals surface area contributed by atoms with Crippen molar-refractivity contribution in [3.8, 4) is 11.5 Å². The molecule has 0 saturated carbocycles. The molecule has 1 saturated heterocycles. The van der Waals surface area contributed by atoms with Crippen LogP contribution in [0.1, 0.15) is 16.7 Å². The SMILES string of the molecule is COc1cc(/C=C2/SC(=O)N(CC(=O)Nc3ccccc3C)C2=O)cc(Br)c1OCc1ccc(Cl)cc1Cl. The predicted molar refractivity (Wildman–Crippen MR) is 154 cm³/mol. The summed E-state index contributed by atoms with van der Waals surface area (Å²) in [4.78, 5) is 39.1. The number of thioether (sulfide) groups is 1. The molecule has 1 aliphatic rings. The second kappa shape index (κ2) is 12.3. The zero-order valence-corrected chi connectivity index (χ0v) is 24.1. The molecule has 1 heterocycles. The lowest BCUT2D eigenvalue weighted by Crippen LogP contribution is -2.36. The second-order valence-corrected chi connectivity index (χ2v) is 10.9. The number of ether oxygens (including phenoxy) is 2. The van der Waals surface area contributed by atoms with Crippen molar-refractivity contribution in [2.45, 2.75) is 13.5 Å². The van der Waals surface area contributed by atoms with E-state index in [1.807, 2.05) is 19.1 Å². The quantitative estimate of drug-likeness (QED) is 0.261. The van der Waals surface area contributed by atoms with Crippen LogP contribution < -0.4 is 14.8 Å². The first kappa shape index (κ1) is 28.0. The maximum Gasteiger partial charge on any atom is 0.294 e. The Morgan fingerprint density at radius 1 is 1.13 bits per heavy atom. The highest BCUT2D eigenvalue weighted by Gasteiger charge is 2.36. The molecule has 0 bridgehead atoms. The molecular formula is C27H21BrCl2N2O5S. The van der Waals surface area contributed by atoms with Crippen LogP contribution in [0.3, 0.4) is 0 Å². The van der Waals surface area contributed by atoms with Gasteiger partial charge in [0.25, 0.3) is 11.1 Å². The van der Waals surface area contributed by atoms with Gasteiger partial charge >= 0.3 is 0 Å². The van der Waals surface area contributed by atoms with Crippen molar-refractivity contribution in [1.29, 1.82) is 0 Å². The average molecular weight is 636 g/mol. The van der Waals surface area contributed by atoms with Crippen LogP contribution in [0.4, 0.5) is 10.5 Å². The van der Waals surface area contributed by atoms with Gasteiger partial charge in [-0.1, -0.05) is 47.5 Å². The number of anilines is 1. The molecule has 3 aromatic rings. The number of para-hydroxylation sites is 1. The molecule has 0 unspecified atom stereocenters. The molecule has 38 heavy (non-hydrogen) atoms. The van der Waals surface area contributed by atoms with Crippen LogP contribution in [0, 0.1) is 6.92 Å². The van der Waals surface area contributed by atoms with E-state index < -0.39 is 17.1 Å². The average Bonchev–Trinajstić information content (AvgIpc) is 3.12. The Morgan fingerprint density at radius 2 is 1.89 bits per heavy atom. The minimum absolute atomic E-state index is 0.174. The molecule has 4 rings (SSSR count). The summed E-state index contributed by atoms with van der Waals surface area (Å²) in [5.41, 5.74) is 2.84. The maximum atomic E-state index is 12.9. The van der Waals surface area contributed by atoms with E-state index in [0.717, 1.165) is 27.8 Å². The first-order valence-corrected chi connectivity index (χ1v) is 13.6. The predicted octanol–water partition coefficient (Wildman–Crippen LogP) is 7.33. The first-order valence-electron chi connectivity index (χ1n) is 11.2. The van der Waals surface area contributed by atoms with Gasteiger partial charge < -0.3 is 14.8 Å². The van der Waals surface area contributed by atoms with Crippen LogP contribution in [0.2, 0.25) is 10.0 Å². The fourth-order valence-electron chi connectivity index (χ4n) is 3.59. The van der Waals surface area contributed by atoms with Gasteiger partial charge in [0.05, 0.1) is 16.5 Å². The number of nitrogens with zero attached hydrogens (tertiary/aromatic N) is 1. The number of hydrogen-bond donors (Lipinski definition) is 1. The third kappa shape index (κ3) is 6.53. The van der Waals surface area contributed by atoms with Crippen LogP contribution in [-0.4, -0.2) is 35.6 Å². The number of aryl methyl sites for hydroxylation is 1. The van der Waals surface area contributed by atoms with E-state index in [-0.39, 0.29) is 18.1 Å². The van der Waals surface area contributed by atoms with Crippen LogP contribution in [0.25, 0.3) is 6.08 Å². The minimum Gasteiger partial charge on any atom is -0.493 e. The van der Waals surface area contributed by atoms with E-state index in [2.05, 4.69) is 21.2 Å². The third-order valence-electron chi connectivity index (χ3n) is 5.53. The summed E-state index contributed by atoms with van der Waals surface area (Å²) >= 11 is 16.5. The van der Waals surface area contributed by atoms with E-state index in [1.54, 1.807) is 48.5 Å². The largest absolute Gasteiger partial charge is 0.493 e. The Morgan fingerprint density at radius 3 is 2.61 bits per heavy atom. The minimum atomic E-state index is -0.548. The van der Waals surface area contributed by atoms with Crippen molar-refractivity contribution in [2.24, 2.45) is 0 Å². The summed E-state index contributed by atoms with van der Waals surface area (Å²) in [6.07, 6.45) is 1.57. The topological polar surface area (TPSA) is 84.9 Å². The van der Waals surface area contributed by atoms with Gasteiger partial charge in [0.2, 0.25) is 5.91 Å². The standard InChI is InChI=1S/C27H21BrCl2N2O5S/c1-15-5-3-4-6-21(15)31-24(33)13-32-26(34)23(38-27(32)35)11-16-9-19(28)25(22(10-16)36-2)37-14-17-7-8-18(29)12-20(17)30/h3-12H,13-14H2,1-2H3,(H,31,33)/b23-11+. The van der Waals surface area contributed by atoms with Gasteiger partial charge in [-0.25, -0.2) is 0 Å². The number of imide groups is 1. The summed E-state index contributed by atoms with van der Waals surface area (Å²) in [6, 6.07) is 15.8. The highest BCUT2D eigenvalue weighted by atomic mass is 79.9.